The second-order valence-corrected chi connectivity index (χ2v) is 4.44. The maximum Gasteiger partial charge on any atom is 0.131 e. The molecule has 0 amide bonds. The predicted octanol–water partition coefficient (Wildman–Crippen LogP) is 4.56. The summed E-state index contributed by atoms with van der Waals surface area (Å²) < 4.78 is 5.90. The monoisotopic (exact) mass is 291 g/mol. The Labute approximate surface area is 124 Å². The Bertz CT molecular complexity index is 692. The van der Waals surface area contributed by atoms with Crippen molar-refractivity contribution in [2.75, 3.05) is 0 Å². The number of fused-ring (bicyclic) bond motifs is 1. The van der Waals surface area contributed by atoms with E-state index >= 15 is 0 Å². The Morgan fingerprint density at radius 1 is 1.00 bits per heavy atom. The van der Waals surface area contributed by atoms with Crippen molar-refractivity contribution in [2.45, 2.75) is 13.8 Å². The summed E-state index contributed by atoms with van der Waals surface area (Å²) in [5, 5.41) is 8.09. The molecule has 2 aromatic carbocycles. The first-order valence-corrected chi connectivity index (χ1v) is 5.91. The van der Waals surface area contributed by atoms with Crippen LogP contribution in [0.2, 0.25) is 0 Å². The highest BCUT2D eigenvalue weighted by Crippen LogP contribution is 2.29. The van der Waals surface area contributed by atoms with Crippen LogP contribution in [-0.2, 0) is 0 Å². The number of rotatable bonds is 2. The van der Waals surface area contributed by atoms with E-state index in [0.29, 0.717) is 0 Å². The lowest BCUT2D eigenvalue weighted by molar-refractivity contribution is 0.480. The molecule has 0 aliphatic carbocycles. The number of hydrogen-bond donors (Lipinski definition) is 2. The second-order valence-electron chi connectivity index (χ2n) is 4.44. The number of benzene rings is 2. The molecule has 0 atom stereocenters. The smallest absolute Gasteiger partial charge is 0.131 e. The predicted molar refractivity (Wildman–Crippen MR) is 84.4 cm³/mol. The molecule has 0 aliphatic rings. The van der Waals surface area contributed by atoms with E-state index in [0.717, 1.165) is 28.0 Å². The Hall–Kier alpha value is -2.04. The van der Waals surface area contributed by atoms with Crippen LogP contribution >= 0.6 is 12.4 Å². The zero-order valence-corrected chi connectivity index (χ0v) is 12.3. The van der Waals surface area contributed by atoms with Crippen molar-refractivity contribution in [1.29, 1.82) is 0 Å². The molecule has 0 fully saturated rings. The molecule has 3 rings (SSSR count). The molecule has 106 valence electrons. The summed E-state index contributed by atoms with van der Waals surface area (Å²) in [7, 11) is 0. The van der Waals surface area contributed by atoms with Crippen LogP contribution in [0.15, 0.2) is 42.6 Å². The Balaban J connectivity index is 0.000001000. The van der Waals surface area contributed by atoms with Gasteiger partial charge in [-0.3, -0.25) is 5.10 Å². The Kier molecular flexibility index (Phi) is 5.13. The zero-order valence-electron chi connectivity index (χ0n) is 11.5. The summed E-state index contributed by atoms with van der Waals surface area (Å²) in [5.74, 6) is 1.72. The molecule has 20 heavy (non-hydrogen) atoms. The summed E-state index contributed by atoms with van der Waals surface area (Å²) >= 11 is 0. The summed E-state index contributed by atoms with van der Waals surface area (Å²) in [6.45, 7) is 4.11. The highest BCUT2D eigenvalue weighted by molar-refractivity contribution is 5.85. The Morgan fingerprint density at radius 3 is 2.40 bits per heavy atom. The van der Waals surface area contributed by atoms with Gasteiger partial charge in [-0.1, -0.05) is 17.7 Å². The van der Waals surface area contributed by atoms with Gasteiger partial charge in [0.1, 0.15) is 11.5 Å². The average Bonchev–Trinajstić information content (AvgIpc) is 2.84. The molecule has 3 aromatic rings. The van der Waals surface area contributed by atoms with Gasteiger partial charge in [0.05, 0.1) is 11.7 Å². The zero-order chi connectivity index (χ0) is 12.5. The number of aromatic nitrogens is 2. The molecule has 4 N–H and O–H groups in total. The van der Waals surface area contributed by atoms with E-state index < -0.39 is 0 Å². The van der Waals surface area contributed by atoms with Gasteiger partial charge in [0.2, 0.25) is 0 Å². The fraction of sp³-hybridized carbons (Fsp3) is 0.133. The van der Waals surface area contributed by atoms with Crippen molar-refractivity contribution in [3.8, 4) is 11.5 Å². The van der Waals surface area contributed by atoms with Gasteiger partial charge in [-0.2, -0.15) is 5.10 Å². The molecule has 5 heteroatoms. The average molecular weight is 292 g/mol. The van der Waals surface area contributed by atoms with Gasteiger partial charge in [0.25, 0.3) is 0 Å². The Morgan fingerprint density at radius 2 is 1.70 bits per heavy atom. The molecule has 1 aromatic heterocycles. The van der Waals surface area contributed by atoms with Crippen LogP contribution in [0.3, 0.4) is 0 Å². The van der Waals surface area contributed by atoms with E-state index in [1.54, 1.807) is 0 Å². The fourth-order valence-corrected chi connectivity index (χ4v) is 1.98. The van der Waals surface area contributed by atoms with Gasteiger partial charge >= 0.3 is 0 Å². The van der Waals surface area contributed by atoms with E-state index in [1.165, 1.54) is 5.56 Å². The first kappa shape index (κ1) is 16.0. The van der Waals surface area contributed by atoms with Gasteiger partial charge in [-0.05, 0) is 38.1 Å². The number of nitrogens with zero attached hydrogens (tertiary/aromatic N) is 1. The van der Waals surface area contributed by atoms with E-state index in [9.17, 15) is 0 Å². The highest BCUT2D eigenvalue weighted by atomic mass is 35.5. The molecule has 1 heterocycles. The van der Waals surface area contributed by atoms with E-state index in [4.69, 9.17) is 4.74 Å². The van der Waals surface area contributed by atoms with Gasteiger partial charge in [0, 0.05) is 10.9 Å². The quantitative estimate of drug-likeness (QED) is 0.727. The fourth-order valence-electron chi connectivity index (χ4n) is 1.98. The van der Waals surface area contributed by atoms with Crippen molar-refractivity contribution in [2.24, 2.45) is 0 Å². The standard InChI is InChI=1S/C15H14N2O.ClH.H3N/c1-10-3-5-12(6-4-10)18-15-8-7-14-13(11(15)2)9-16-17-14;;/h3-9H,1-2H3,(H,16,17);1H;1H3. The van der Waals surface area contributed by atoms with Crippen LogP contribution in [0.4, 0.5) is 0 Å². The van der Waals surface area contributed by atoms with Crippen LogP contribution < -0.4 is 10.9 Å². The van der Waals surface area contributed by atoms with E-state index in [-0.39, 0.29) is 18.6 Å². The largest absolute Gasteiger partial charge is 0.457 e. The van der Waals surface area contributed by atoms with Crippen LogP contribution in [0.25, 0.3) is 10.9 Å². The van der Waals surface area contributed by atoms with Crippen molar-refractivity contribution >= 4 is 23.3 Å². The molecule has 0 spiro atoms. The summed E-state index contributed by atoms with van der Waals surface area (Å²) in [6, 6.07) is 12.0. The number of halogens is 1. The summed E-state index contributed by atoms with van der Waals surface area (Å²) in [5.41, 5.74) is 3.36. The number of aryl methyl sites for hydroxylation is 2. The topological polar surface area (TPSA) is 72.9 Å². The maximum atomic E-state index is 5.90. The van der Waals surface area contributed by atoms with Crippen molar-refractivity contribution < 1.29 is 4.74 Å². The second kappa shape index (κ2) is 6.41. The molecule has 0 saturated carbocycles. The molecule has 0 unspecified atom stereocenters. The molecular weight excluding hydrogens is 274 g/mol. The lowest BCUT2D eigenvalue weighted by atomic mass is 10.1. The van der Waals surface area contributed by atoms with Crippen molar-refractivity contribution in [3.05, 3.63) is 53.7 Å². The minimum atomic E-state index is 0. The number of aromatic amines is 1. The normalized spacial score (nSPS) is 9.70. The summed E-state index contributed by atoms with van der Waals surface area (Å²) in [4.78, 5) is 0. The molecule has 4 nitrogen and oxygen atoms in total. The van der Waals surface area contributed by atoms with E-state index in [2.05, 4.69) is 17.1 Å². The number of hydrogen-bond acceptors (Lipinski definition) is 3. The van der Waals surface area contributed by atoms with Crippen molar-refractivity contribution in [3.63, 3.8) is 0 Å². The van der Waals surface area contributed by atoms with Crippen LogP contribution in [0.1, 0.15) is 11.1 Å². The minimum absolute atomic E-state index is 0. The highest BCUT2D eigenvalue weighted by Gasteiger charge is 2.06. The molecular formula is C15H18ClN3O. The van der Waals surface area contributed by atoms with Crippen molar-refractivity contribution in [1.82, 2.24) is 16.3 Å². The number of H-pyrrole nitrogens is 1. The lowest BCUT2D eigenvalue weighted by Gasteiger charge is -2.09. The van der Waals surface area contributed by atoms with Crippen LogP contribution in [0, 0.1) is 13.8 Å². The summed E-state index contributed by atoms with van der Waals surface area (Å²) in [6.07, 6.45) is 1.83. The first-order chi connectivity index (χ1) is 8.74. The third-order valence-electron chi connectivity index (χ3n) is 3.09. The molecule has 0 bridgehead atoms. The number of nitrogens with one attached hydrogen (secondary N) is 1. The maximum absolute atomic E-state index is 5.90. The molecule has 0 radical (unpaired) electrons. The minimum Gasteiger partial charge on any atom is -0.457 e. The molecule has 0 saturated heterocycles. The molecule has 0 aliphatic heterocycles. The van der Waals surface area contributed by atoms with Gasteiger partial charge in [0.15, 0.2) is 0 Å². The third-order valence-corrected chi connectivity index (χ3v) is 3.09. The number of ether oxygens (including phenoxy) is 1. The van der Waals surface area contributed by atoms with Gasteiger partial charge in [-0.15, -0.1) is 12.4 Å². The third kappa shape index (κ3) is 2.92. The van der Waals surface area contributed by atoms with E-state index in [1.807, 2.05) is 49.5 Å². The SMILES string of the molecule is Cc1ccc(Oc2ccc3[nH]ncc3c2C)cc1.Cl.N. The van der Waals surface area contributed by atoms with Crippen LogP contribution in [-0.4, -0.2) is 10.2 Å². The van der Waals surface area contributed by atoms with Gasteiger partial charge < -0.3 is 10.9 Å². The van der Waals surface area contributed by atoms with Gasteiger partial charge in [-0.25, -0.2) is 0 Å². The van der Waals surface area contributed by atoms with Crippen LogP contribution in [0.5, 0.6) is 11.5 Å². The first-order valence-electron chi connectivity index (χ1n) is 5.91. The lowest BCUT2D eigenvalue weighted by Crippen LogP contribution is -1.88.